The van der Waals surface area contributed by atoms with Crippen molar-refractivity contribution in [2.24, 2.45) is 11.5 Å². The van der Waals surface area contributed by atoms with Crippen molar-refractivity contribution in [1.29, 1.82) is 0 Å². The quantitative estimate of drug-likeness (QED) is 0.328. The third-order valence-electron chi connectivity index (χ3n) is 8.19. The number of carbonyl (C=O) groups excluding carboxylic acids is 3. The fourth-order valence-corrected chi connectivity index (χ4v) is 7.59. The van der Waals surface area contributed by atoms with Crippen LogP contribution in [0, 0.1) is 0 Å². The second-order valence-corrected chi connectivity index (χ2v) is 11.9. The number of nitrogens with one attached hydrogen (secondary N) is 1. The van der Waals surface area contributed by atoms with Crippen LogP contribution in [0.3, 0.4) is 0 Å². The molecule has 1 fully saturated rings. The van der Waals surface area contributed by atoms with Gasteiger partial charge >= 0.3 is 0 Å². The van der Waals surface area contributed by atoms with Gasteiger partial charge < -0.3 is 32.2 Å². The highest BCUT2D eigenvalue weighted by molar-refractivity contribution is 8.01. The molecule has 1 aromatic heterocycles. The van der Waals surface area contributed by atoms with Gasteiger partial charge in [0.05, 0.1) is 11.3 Å². The van der Waals surface area contributed by atoms with E-state index in [1.807, 2.05) is 0 Å². The van der Waals surface area contributed by atoms with E-state index in [1.165, 1.54) is 18.7 Å². The first-order valence-corrected chi connectivity index (χ1v) is 14.4. The molecule has 2 aromatic carbocycles. The summed E-state index contributed by atoms with van der Waals surface area (Å²) in [6.45, 7) is 2.67. The monoisotopic (exact) mass is 573 g/mol. The SMILES string of the molecule is CC(=O)N1CCCC(NC(=O)C2Sc3c(N)ccc4c3C2C(N)C(=O)C4(N)c2ccc(Oc3cccnn3)cc2)C1. The maximum Gasteiger partial charge on any atom is 0.238 e. The average Bonchev–Trinajstić information content (AvgIpc) is 3.39. The third kappa shape index (κ3) is 4.61. The molecule has 5 atom stereocenters. The minimum Gasteiger partial charge on any atom is -0.438 e. The molecule has 0 spiro atoms. The molecule has 0 saturated carbocycles. The van der Waals surface area contributed by atoms with Crippen molar-refractivity contribution >= 4 is 35.0 Å². The number of likely N-dealkylation sites (tertiary alicyclic amines) is 1. The number of ether oxygens (including phenoxy) is 1. The van der Waals surface area contributed by atoms with Gasteiger partial charge in [-0.2, -0.15) is 5.10 Å². The van der Waals surface area contributed by atoms with Gasteiger partial charge in [0.2, 0.25) is 17.7 Å². The summed E-state index contributed by atoms with van der Waals surface area (Å²) in [7, 11) is 0. The summed E-state index contributed by atoms with van der Waals surface area (Å²) < 4.78 is 5.75. The van der Waals surface area contributed by atoms with Gasteiger partial charge in [-0.15, -0.1) is 16.9 Å². The molecule has 2 amide bonds. The number of Topliss-reactive ketones (excluding diaryl/α,β-unsaturated/α-hetero) is 1. The van der Waals surface area contributed by atoms with Crippen LogP contribution in [0.15, 0.2) is 59.6 Å². The molecule has 0 radical (unpaired) electrons. The van der Waals surface area contributed by atoms with Gasteiger partial charge in [-0.3, -0.25) is 14.4 Å². The van der Waals surface area contributed by atoms with Gasteiger partial charge in [0.1, 0.15) is 11.3 Å². The Balaban J connectivity index is 1.31. The molecule has 7 N–H and O–H groups in total. The Hall–Kier alpha value is -4.00. The van der Waals surface area contributed by atoms with E-state index in [9.17, 15) is 14.4 Å². The summed E-state index contributed by atoms with van der Waals surface area (Å²) in [5.41, 5.74) is 20.8. The molecule has 3 heterocycles. The number of hydrogen-bond acceptors (Lipinski definition) is 10. The zero-order chi connectivity index (χ0) is 28.9. The van der Waals surface area contributed by atoms with Crippen molar-refractivity contribution in [3.63, 3.8) is 0 Å². The Morgan fingerprint density at radius 3 is 2.66 bits per heavy atom. The smallest absolute Gasteiger partial charge is 0.238 e. The van der Waals surface area contributed by atoms with Crippen molar-refractivity contribution in [2.45, 2.75) is 53.5 Å². The second kappa shape index (κ2) is 10.4. The number of benzene rings is 2. The number of carbonyl (C=O) groups is 3. The number of piperidine rings is 1. The van der Waals surface area contributed by atoms with Crippen LogP contribution in [0.2, 0.25) is 0 Å². The van der Waals surface area contributed by atoms with Crippen molar-refractivity contribution in [2.75, 3.05) is 18.8 Å². The van der Waals surface area contributed by atoms with E-state index in [4.69, 9.17) is 21.9 Å². The van der Waals surface area contributed by atoms with E-state index < -0.39 is 22.7 Å². The van der Waals surface area contributed by atoms with Gasteiger partial charge in [0.15, 0.2) is 5.78 Å². The summed E-state index contributed by atoms with van der Waals surface area (Å²) in [5.74, 6) is -0.379. The molecule has 5 unspecified atom stereocenters. The molecule has 0 bridgehead atoms. The first kappa shape index (κ1) is 27.2. The predicted octanol–water partition coefficient (Wildman–Crippen LogP) is 1.65. The van der Waals surface area contributed by atoms with Crippen LogP contribution in [-0.2, 0) is 19.9 Å². The summed E-state index contributed by atoms with van der Waals surface area (Å²) in [4.78, 5) is 42.0. The van der Waals surface area contributed by atoms with Gasteiger partial charge in [0, 0.05) is 54.8 Å². The zero-order valence-electron chi connectivity index (χ0n) is 22.4. The number of nitrogen functional groups attached to an aromatic ring is 1. The Morgan fingerprint density at radius 2 is 1.95 bits per heavy atom. The van der Waals surface area contributed by atoms with Crippen LogP contribution < -0.4 is 27.3 Å². The highest BCUT2D eigenvalue weighted by Gasteiger charge is 2.56. The first-order valence-electron chi connectivity index (χ1n) is 13.5. The summed E-state index contributed by atoms with van der Waals surface area (Å²) in [5, 5.41) is 10.2. The van der Waals surface area contributed by atoms with Crippen LogP contribution in [0.4, 0.5) is 5.69 Å². The Morgan fingerprint density at radius 1 is 1.17 bits per heavy atom. The van der Waals surface area contributed by atoms with E-state index in [-0.39, 0.29) is 23.6 Å². The minimum atomic E-state index is -1.55. The van der Waals surface area contributed by atoms with Gasteiger partial charge in [-0.05, 0) is 53.8 Å². The number of anilines is 1. The normalized spacial score (nSPS) is 26.8. The van der Waals surface area contributed by atoms with Crippen LogP contribution in [0.1, 0.15) is 42.4 Å². The minimum absolute atomic E-state index is 0.0171. The van der Waals surface area contributed by atoms with Crippen LogP contribution in [0.5, 0.6) is 11.6 Å². The lowest BCUT2D eigenvalue weighted by Crippen LogP contribution is -2.61. The molecule has 212 valence electrons. The topological polar surface area (TPSA) is 180 Å². The van der Waals surface area contributed by atoms with Crippen molar-refractivity contribution in [3.8, 4) is 11.6 Å². The number of aromatic nitrogens is 2. The average molecular weight is 574 g/mol. The second-order valence-electron chi connectivity index (χ2n) is 10.7. The molecule has 12 heteroatoms. The molecular formula is C29H31N7O4S. The van der Waals surface area contributed by atoms with Crippen LogP contribution in [-0.4, -0.2) is 63.1 Å². The number of amides is 2. The summed E-state index contributed by atoms with van der Waals surface area (Å²) in [6.07, 6.45) is 3.12. The maximum atomic E-state index is 14.0. The number of rotatable bonds is 5. The van der Waals surface area contributed by atoms with Crippen molar-refractivity contribution in [3.05, 3.63) is 71.4 Å². The highest BCUT2D eigenvalue weighted by Crippen LogP contribution is 2.56. The molecule has 3 aliphatic rings. The fraction of sp³-hybridized carbons (Fsp3) is 0.345. The lowest BCUT2D eigenvalue weighted by molar-refractivity contribution is -0.131. The van der Waals surface area contributed by atoms with E-state index in [2.05, 4.69) is 15.5 Å². The first-order chi connectivity index (χ1) is 19.7. The lowest BCUT2D eigenvalue weighted by atomic mass is 9.65. The fourth-order valence-electron chi connectivity index (χ4n) is 6.13. The molecule has 3 aromatic rings. The molecular weight excluding hydrogens is 542 g/mol. The third-order valence-corrected chi connectivity index (χ3v) is 9.64. The van der Waals surface area contributed by atoms with E-state index in [1.54, 1.807) is 59.6 Å². The molecule has 1 aliphatic carbocycles. The van der Waals surface area contributed by atoms with Crippen LogP contribution in [0.25, 0.3) is 0 Å². The summed E-state index contributed by atoms with van der Waals surface area (Å²) in [6, 6.07) is 12.6. The predicted molar refractivity (Wildman–Crippen MR) is 153 cm³/mol. The standard InChI is InChI=1S/C29H31N7O4S/c1-15(37)36-13-3-4-17(14-36)34-28(39)26-23-22-19(10-11-20(30)25(22)41-26)29(32,27(38)24(23)31)16-6-8-18(9-7-16)40-21-5-2-12-33-35-21/h2,5-12,17,23-24,26H,3-4,13-14,30-32H2,1H3,(H,34,39). The van der Waals surface area contributed by atoms with Gasteiger partial charge in [-0.25, -0.2) is 0 Å². The molecule has 6 rings (SSSR count). The highest BCUT2D eigenvalue weighted by atomic mass is 32.2. The molecule has 11 nitrogen and oxygen atoms in total. The number of hydrogen-bond donors (Lipinski definition) is 4. The van der Waals surface area contributed by atoms with E-state index in [0.717, 1.165) is 23.3 Å². The largest absolute Gasteiger partial charge is 0.438 e. The van der Waals surface area contributed by atoms with Crippen LogP contribution >= 0.6 is 11.8 Å². The van der Waals surface area contributed by atoms with Gasteiger partial charge in [0.25, 0.3) is 0 Å². The van der Waals surface area contributed by atoms with E-state index >= 15 is 0 Å². The Bertz CT molecular complexity index is 1520. The van der Waals surface area contributed by atoms with Crippen molar-refractivity contribution in [1.82, 2.24) is 20.4 Å². The molecule has 1 saturated heterocycles. The molecule has 2 aliphatic heterocycles. The number of nitrogens with zero attached hydrogens (tertiary/aromatic N) is 3. The van der Waals surface area contributed by atoms with E-state index in [0.29, 0.717) is 41.5 Å². The number of nitrogens with two attached hydrogens (primary N) is 3. The van der Waals surface area contributed by atoms with Crippen molar-refractivity contribution < 1.29 is 19.1 Å². The Kier molecular flexibility index (Phi) is 6.92. The number of ketones is 1. The van der Waals surface area contributed by atoms with Gasteiger partial charge in [-0.1, -0.05) is 18.2 Å². The lowest BCUT2D eigenvalue weighted by Gasteiger charge is -2.41. The molecule has 41 heavy (non-hydrogen) atoms. The zero-order valence-corrected chi connectivity index (χ0v) is 23.3. The Labute approximate surface area is 241 Å². The maximum absolute atomic E-state index is 14.0. The number of thioether (sulfide) groups is 1. The summed E-state index contributed by atoms with van der Waals surface area (Å²) >= 11 is 1.32.